The van der Waals surface area contributed by atoms with Crippen molar-refractivity contribution in [3.05, 3.63) is 129 Å². The number of ether oxygens (including phenoxy) is 2. The van der Waals surface area contributed by atoms with E-state index in [1.165, 1.54) is 18.4 Å². The van der Waals surface area contributed by atoms with Crippen LogP contribution in [0.15, 0.2) is 86.2 Å². The highest BCUT2D eigenvalue weighted by Gasteiger charge is 2.35. The first kappa shape index (κ1) is 32.0. The van der Waals surface area contributed by atoms with Crippen molar-refractivity contribution >= 4 is 61.8 Å². The molecule has 0 bridgehead atoms. The number of aryl methyl sites for hydroxylation is 1. The van der Waals surface area contributed by atoms with E-state index < -0.39 is 12.0 Å². The summed E-state index contributed by atoms with van der Waals surface area (Å²) in [7, 11) is 1.34. The minimum absolute atomic E-state index is 0.126. The van der Waals surface area contributed by atoms with Gasteiger partial charge in [-0.25, -0.2) is 9.79 Å². The average Bonchev–Trinajstić information content (AvgIpc) is 3.45. The molecular weight excluding hydrogens is 686 g/mol. The number of nitrogens with zero attached hydrogens (tertiary/aromatic N) is 3. The number of methoxy groups -OCH3 is 1. The molecule has 0 spiro atoms. The van der Waals surface area contributed by atoms with Crippen molar-refractivity contribution in [3.63, 3.8) is 0 Å². The third kappa shape index (κ3) is 5.87. The van der Waals surface area contributed by atoms with E-state index in [-0.39, 0.29) is 11.7 Å². The summed E-state index contributed by atoms with van der Waals surface area (Å²) in [5.74, 6) is 0.0260. The molecule has 46 heavy (non-hydrogen) atoms. The van der Waals surface area contributed by atoms with E-state index in [4.69, 9.17) is 26.1 Å². The van der Waals surface area contributed by atoms with Crippen molar-refractivity contribution in [2.24, 2.45) is 4.99 Å². The number of esters is 1. The molecule has 0 saturated heterocycles. The maximum Gasteiger partial charge on any atom is 0.338 e. The molecule has 0 unspecified atom stereocenters. The van der Waals surface area contributed by atoms with E-state index in [1.807, 2.05) is 62.4 Å². The fraction of sp³-hybridized carbons (Fsp3) is 0.250. The number of benzene rings is 3. The summed E-state index contributed by atoms with van der Waals surface area (Å²) in [6, 6.07) is 19.0. The molecule has 1 aliphatic heterocycles. The molecule has 0 saturated carbocycles. The minimum Gasteiger partial charge on any atom is -0.491 e. The second-order valence-corrected chi connectivity index (χ2v) is 14.0. The number of hydrogen-bond donors (Lipinski definition) is 0. The van der Waals surface area contributed by atoms with Crippen LogP contribution < -0.4 is 19.6 Å². The van der Waals surface area contributed by atoms with Crippen LogP contribution in [-0.2, 0) is 16.1 Å². The molecule has 3 heterocycles. The molecular formula is C36H33BrClN3O4S. The van der Waals surface area contributed by atoms with E-state index >= 15 is 0 Å². The second-order valence-electron chi connectivity index (χ2n) is 11.7. The predicted molar refractivity (Wildman–Crippen MR) is 188 cm³/mol. The van der Waals surface area contributed by atoms with Crippen LogP contribution in [0.2, 0.25) is 5.02 Å². The molecule has 236 valence electrons. The van der Waals surface area contributed by atoms with Gasteiger partial charge in [0.05, 0.1) is 29.0 Å². The molecule has 0 aliphatic carbocycles. The van der Waals surface area contributed by atoms with Crippen molar-refractivity contribution in [2.45, 2.75) is 53.3 Å². The first-order chi connectivity index (χ1) is 22.0. The van der Waals surface area contributed by atoms with Gasteiger partial charge in [-0.1, -0.05) is 62.6 Å². The fourth-order valence-corrected chi connectivity index (χ4v) is 7.53. The first-order valence-electron chi connectivity index (χ1n) is 14.9. The smallest absolute Gasteiger partial charge is 0.338 e. The Hall–Kier alpha value is -3.92. The normalized spacial score (nSPS) is 15.0. The van der Waals surface area contributed by atoms with Gasteiger partial charge >= 0.3 is 5.97 Å². The predicted octanol–water partition coefficient (Wildman–Crippen LogP) is 7.23. The minimum atomic E-state index is -0.799. The Balaban J connectivity index is 1.59. The van der Waals surface area contributed by atoms with Gasteiger partial charge in [0.25, 0.3) is 5.56 Å². The lowest BCUT2D eigenvalue weighted by Gasteiger charge is -2.26. The van der Waals surface area contributed by atoms with Gasteiger partial charge in [0.1, 0.15) is 11.8 Å². The summed E-state index contributed by atoms with van der Waals surface area (Å²) in [5, 5.41) is 1.75. The number of rotatable bonds is 7. The number of aromatic nitrogens is 2. The third-order valence-corrected chi connectivity index (χ3v) is 9.84. The summed E-state index contributed by atoms with van der Waals surface area (Å²) in [4.78, 5) is 33.0. The van der Waals surface area contributed by atoms with Gasteiger partial charge in [0.2, 0.25) is 0 Å². The molecule has 7 nitrogen and oxygen atoms in total. The van der Waals surface area contributed by atoms with E-state index in [0.717, 1.165) is 37.8 Å². The lowest BCUT2D eigenvalue weighted by Crippen LogP contribution is -2.40. The first-order valence-corrected chi connectivity index (χ1v) is 16.9. The summed E-state index contributed by atoms with van der Waals surface area (Å²) >= 11 is 11.0. The molecule has 10 heteroatoms. The van der Waals surface area contributed by atoms with Crippen LogP contribution in [0.25, 0.3) is 17.0 Å². The van der Waals surface area contributed by atoms with Gasteiger partial charge in [-0.2, -0.15) is 0 Å². The van der Waals surface area contributed by atoms with E-state index in [9.17, 15) is 9.59 Å². The van der Waals surface area contributed by atoms with Crippen molar-refractivity contribution in [1.29, 1.82) is 0 Å². The van der Waals surface area contributed by atoms with Gasteiger partial charge in [-0.05, 0) is 88.7 Å². The summed E-state index contributed by atoms with van der Waals surface area (Å²) in [6.07, 6.45) is 1.83. The number of halogens is 2. The van der Waals surface area contributed by atoms with Crippen LogP contribution in [0.3, 0.4) is 0 Å². The Morgan fingerprint density at radius 1 is 1.09 bits per heavy atom. The Labute approximate surface area is 284 Å². The quantitative estimate of drug-likeness (QED) is 0.167. The van der Waals surface area contributed by atoms with Crippen molar-refractivity contribution in [3.8, 4) is 5.75 Å². The Bertz CT molecular complexity index is 2230. The SMILES string of the molecule is COC(=O)C1=C(C)N=c2s/c(=C\c3c(C)n(Cc4ccc(Cl)cc4)c4ccc(C)cc34)c(=O)n2[C@H]1c1cc(Br)ccc1OC(C)C. The molecule has 5 aromatic rings. The van der Waals surface area contributed by atoms with Crippen molar-refractivity contribution < 1.29 is 14.3 Å². The van der Waals surface area contributed by atoms with Crippen molar-refractivity contribution in [1.82, 2.24) is 9.13 Å². The molecule has 0 N–H and O–H groups in total. The summed E-state index contributed by atoms with van der Waals surface area (Å²) in [6.45, 7) is 10.4. The number of allylic oxidation sites excluding steroid dienone is 1. The molecule has 0 fully saturated rings. The zero-order valence-corrected chi connectivity index (χ0v) is 29.5. The topological polar surface area (TPSA) is 74.8 Å². The number of hydrogen-bond acceptors (Lipinski definition) is 6. The van der Waals surface area contributed by atoms with Crippen LogP contribution >= 0.6 is 38.9 Å². The lowest BCUT2D eigenvalue weighted by atomic mass is 9.95. The van der Waals surface area contributed by atoms with Crippen LogP contribution in [0, 0.1) is 13.8 Å². The van der Waals surface area contributed by atoms with Crippen LogP contribution in [0.4, 0.5) is 0 Å². The van der Waals surface area contributed by atoms with Crippen molar-refractivity contribution in [2.75, 3.05) is 7.11 Å². The summed E-state index contributed by atoms with van der Waals surface area (Å²) in [5.41, 5.74) is 6.51. The maximum atomic E-state index is 14.5. The Morgan fingerprint density at radius 3 is 2.52 bits per heavy atom. The van der Waals surface area contributed by atoms with Gasteiger partial charge in [0.15, 0.2) is 4.80 Å². The highest BCUT2D eigenvalue weighted by molar-refractivity contribution is 9.10. The second kappa shape index (κ2) is 12.7. The third-order valence-electron chi connectivity index (χ3n) is 8.11. The van der Waals surface area contributed by atoms with Gasteiger partial charge < -0.3 is 14.0 Å². The summed E-state index contributed by atoms with van der Waals surface area (Å²) < 4.78 is 16.6. The molecule has 1 aliphatic rings. The molecule has 1 atom stereocenters. The lowest BCUT2D eigenvalue weighted by molar-refractivity contribution is -0.136. The molecule has 6 rings (SSSR count). The number of carbonyl (C=O) groups is 1. The monoisotopic (exact) mass is 717 g/mol. The van der Waals surface area contributed by atoms with E-state index in [1.54, 1.807) is 11.5 Å². The van der Waals surface area contributed by atoms with Crippen LogP contribution in [-0.4, -0.2) is 28.3 Å². The number of fused-ring (bicyclic) bond motifs is 2. The largest absolute Gasteiger partial charge is 0.491 e. The van der Waals surface area contributed by atoms with Gasteiger partial charge in [-0.3, -0.25) is 9.36 Å². The van der Waals surface area contributed by atoms with Gasteiger partial charge in [0, 0.05) is 43.8 Å². The number of thiazole rings is 1. The van der Waals surface area contributed by atoms with Gasteiger partial charge in [-0.15, -0.1) is 0 Å². The fourth-order valence-electron chi connectivity index (χ4n) is 5.99. The zero-order chi connectivity index (χ0) is 32.9. The highest BCUT2D eigenvalue weighted by atomic mass is 79.9. The highest BCUT2D eigenvalue weighted by Crippen LogP contribution is 2.38. The van der Waals surface area contributed by atoms with E-state index in [0.29, 0.717) is 43.5 Å². The Kier molecular flexibility index (Phi) is 8.85. The molecule has 0 amide bonds. The van der Waals surface area contributed by atoms with Crippen LogP contribution in [0.1, 0.15) is 54.8 Å². The van der Waals surface area contributed by atoms with E-state index in [2.05, 4.69) is 52.5 Å². The molecule has 0 radical (unpaired) electrons. The number of carbonyl (C=O) groups excluding carboxylic acids is 1. The molecule has 3 aromatic carbocycles. The molecule has 2 aromatic heterocycles. The zero-order valence-electron chi connectivity index (χ0n) is 26.4. The van der Waals surface area contributed by atoms with Crippen LogP contribution in [0.5, 0.6) is 5.75 Å². The average molecular weight is 719 g/mol. The maximum absolute atomic E-state index is 14.5. The Morgan fingerprint density at radius 2 is 1.83 bits per heavy atom. The standard InChI is InChI=1S/C36H33BrClN3O4S/c1-19(2)45-30-14-10-24(37)16-28(30)33-32(35(43)44-6)21(4)39-36-41(33)34(42)31(46-36)17-26-22(5)40(18-23-8-11-25(38)12-9-23)29-13-7-20(3)15-27(26)29/h7-17,19,33H,18H2,1-6H3/b31-17-/t33-/m0/s1.